The molecule has 1 aliphatic heterocycles. The van der Waals surface area contributed by atoms with E-state index in [2.05, 4.69) is 15.6 Å². The van der Waals surface area contributed by atoms with Gasteiger partial charge in [-0.2, -0.15) is 0 Å². The molecule has 144 valence electrons. The number of para-hydroxylation sites is 1. The highest BCUT2D eigenvalue weighted by atomic mass is 16.5. The lowest BCUT2D eigenvalue weighted by Crippen LogP contribution is -2.32. The quantitative estimate of drug-likeness (QED) is 0.715. The number of fused-ring (bicyclic) bond motifs is 1. The van der Waals surface area contributed by atoms with Crippen LogP contribution >= 0.6 is 0 Å². The number of aryl methyl sites for hydroxylation is 1. The molecule has 3 aromatic rings. The molecular weight excluding hydrogens is 356 g/mol. The molecule has 2 aromatic heterocycles. The Bertz CT molecular complexity index is 1020. The zero-order chi connectivity index (χ0) is 19.5. The average Bonchev–Trinajstić information content (AvgIpc) is 3.37. The summed E-state index contributed by atoms with van der Waals surface area (Å²) in [6.45, 7) is 3.16. The summed E-state index contributed by atoms with van der Waals surface area (Å²) in [5.41, 5.74) is 2.84. The number of nitrogens with one attached hydrogen (secondary N) is 2. The third-order valence-corrected chi connectivity index (χ3v) is 4.86. The fourth-order valence-electron chi connectivity index (χ4n) is 3.34. The molecule has 0 saturated carbocycles. The molecule has 28 heavy (non-hydrogen) atoms. The first-order chi connectivity index (χ1) is 13.6. The van der Waals surface area contributed by atoms with E-state index >= 15 is 0 Å². The highest BCUT2D eigenvalue weighted by Crippen LogP contribution is 2.18. The summed E-state index contributed by atoms with van der Waals surface area (Å²) in [5, 5.41) is 5.70. The Kier molecular flexibility index (Phi) is 5.08. The number of anilines is 1. The normalized spacial score (nSPS) is 16.2. The number of nitrogens with zero attached hydrogens (tertiary/aromatic N) is 2. The molecule has 2 amide bonds. The highest BCUT2D eigenvalue weighted by molar-refractivity contribution is 6.08. The van der Waals surface area contributed by atoms with Gasteiger partial charge >= 0.3 is 0 Å². The summed E-state index contributed by atoms with van der Waals surface area (Å²) in [7, 11) is 0. The maximum absolute atomic E-state index is 12.7. The van der Waals surface area contributed by atoms with Crippen LogP contribution in [0.3, 0.4) is 0 Å². The molecular formula is C21H22N4O3. The van der Waals surface area contributed by atoms with E-state index in [1.54, 1.807) is 30.5 Å². The summed E-state index contributed by atoms with van der Waals surface area (Å²) < 4.78 is 7.39. The Hall–Kier alpha value is -3.19. The van der Waals surface area contributed by atoms with Crippen molar-refractivity contribution in [2.45, 2.75) is 25.9 Å². The fraction of sp³-hybridized carbons (Fsp3) is 0.286. The van der Waals surface area contributed by atoms with Gasteiger partial charge in [-0.3, -0.25) is 9.59 Å². The SMILES string of the molecule is Cc1cccc2nc(C(=O)Nc3ccccc3C(=O)NC[C@H]3CCCO3)cn12. The van der Waals surface area contributed by atoms with Crippen LogP contribution in [0, 0.1) is 6.92 Å². The predicted molar refractivity (Wildman–Crippen MR) is 106 cm³/mol. The molecule has 7 nitrogen and oxygen atoms in total. The second-order valence-electron chi connectivity index (χ2n) is 6.87. The Morgan fingerprint density at radius 1 is 1.18 bits per heavy atom. The van der Waals surface area contributed by atoms with Crippen molar-refractivity contribution in [1.29, 1.82) is 0 Å². The van der Waals surface area contributed by atoms with E-state index in [1.807, 2.05) is 29.5 Å². The number of imidazole rings is 1. The van der Waals surface area contributed by atoms with E-state index in [9.17, 15) is 9.59 Å². The standard InChI is InChI=1S/C21H22N4O3/c1-14-6-4-10-19-23-18(13-25(14)19)21(27)24-17-9-3-2-8-16(17)20(26)22-12-15-7-5-11-28-15/h2-4,6,8-10,13,15H,5,7,11-12H2,1H3,(H,22,26)(H,24,27)/t15-/m1/s1. The zero-order valence-electron chi connectivity index (χ0n) is 15.6. The number of hydrogen-bond acceptors (Lipinski definition) is 4. The Balaban J connectivity index is 1.50. The van der Waals surface area contributed by atoms with Gasteiger partial charge in [0.15, 0.2) is 0 Å². The van der Waals surface area contributed by atoms with Gasteiger partial charge in [-0.1, -0.05) is 18.2 Å². The maximum atomic E-state index is 12.7. The van der Waals surface area contributed by atoms with Crippen molar-refractivity contribution >= 4 is 23.1 Å². The van der Waals surface area contributed by atoms with Crippen molar-refractivity contribution in [2.24, 2.45) is 0 Å². The van der Waals surface area contributed by atoms with E-state index in [0.717, 1.165) is 25.1 Å². The van der Waals surface area contributed by atoms with Gasteiger partial charge in [0.25, 0.3) is 11.8 Å². The lowest BCUT2D eigenvalue weighted by molar-refractivity contribution is 0.0858. The van der Waals surface area contributed by atoms with Gasteiger partial charge in [0.05, 0.1) is 17.4 Å². The molecule has 7 heteroatoms. The van der Waals surface area contributed by atoms with Crippen LogP contribution in [0.25, 0.3) is 5.65 Å². The Morgan fingerprint density at radius 3 is 2.82 bits per heavy atom. The number of benzene rings is 1. The van der Waals surface area contributed by atoms with Crippen LogP contribution in [0.2, 0.25) is 0 Å². The van der Waals surface area contributed by atoms with Crippen LogP contribution in [-0.2, 0) is 4.74 Å². The second-order valence-corrected chi connectivity index (χ2v) is 6.87. The van der Waals surface area contributed by atoms with Crippen LogP contribution in [0.1, 0.15) is 39.4 Å². The van der Waals surface area contributed by atoms with Crippen LogP contribution in [0.5, 0.6) is 0 Å². The topological polar surface area (TPSA) is 84.7 Å². The van der Waals surface area contributed by atoms with Crippen molar-refractivity contribution < 1.29 is 14.3 Å². The van der Waals surface area contributed by atoms with E-state index in [-0.39, 0.29) is 17.9 Å². The molecule has 0 spiro atoms. The summed E-state index contributed by atoms with van der Waals surface area (Å²) >= 11 is 0. The number of ether oxygens (including phenoxy) is 1. The van der Waals surface area contributed by atoms with Crippen LogP contribution < -0.4 is 10.6 Å². The molecule has 1 fully saturated rings. The number of hydrogen-bond donors (Lipinski definition) is 2. The van der Waals surface area contributed by atoms with Crippen LogP contribution in [-0.4, -0.2) is 40.5 Å². The predicted octanol–water partition coefficient (Wildman–Crippen LogP) is 2.80. The summed E-state index contributed by atoms with van der Waals surface area (Å²) in [4.78, 5) is 29.7. The van der Waals surface area contributed by atoms with Crippen molar-refractivity contribution in [3.63, 3.8) is 0 Å². The van der Waals surface area contributed by atoms with Crippen molar-refractivity contribution in [1.82, 2.24) is 14.7 Å². The highest BCUT2D eigenvalue weighted by Gasteiger charge is 2.19. The first-order valence-corrected chi connectivity index (χ1v) is 9.37. The molecule has 0 aliphatic carbocycles. The Labute approximate surface area is 162 Å². The summed E-state index contributed by atoms with van der Waals surface area (Å²) in [6.07, 6.45) is 3.73. The minimum absolute atomic E-state index is 0.0620. The van der Waals surface area contributed by atoms with Gasteiger partial charge in [-0.15, -0.1) is 0 Å². The van der Waals surface area contributed by atoms with E-state index < -0.39 is 0 Å². The zero-order valence-corrected chi connectivity index (χ0v) is 15.6. The molecule has 1 aromatic carbocycles. The molecule has 1 saturated heterocycles. The summed E-state index contributed by atoms with van der Waals surface area (Å²) in [6, 6.07) is 12.6. The minimum Gasteiger partial charge on any atom is -0.376 e. The first-order valence-electron chi connectivity index (χ1n) is 9.37. The van der Waals surface area contributed by atoms with Gasteiger partial charge < -0.3 is 19.8 Å². The largest absolute Gasteiger partial charge is 0.376 e. The summed E-state index contributed by atoms with van der Waals surface area (Å²) in [5.74, 6) is -0.597. The fourth-order valence-corrected chi connectivity index (χ4v) is 3.34. The van der Waals surface area contributed by atoms with Crippen molar-refractivity contribution in [3.8, 4) is 0 Å². The number of aromatic nitrogens is 2. The lowest BCUT2D eigenvalue weighted by Gasteiger charge is -2.13. The van der Waals surface area contributed by atoms with E-state index in [1.165, 1.54) is 0 Å². The van der Waals surface area contributed by atoms with Crippen LogP contribution in [0.4, 0.5) is 5.69 Å². The molecule has 1 aliphatic rings. The van der Waals surface area contributed by atoms with Crippen molar-refractivity contribution in [2.75, 3.05) is 18.5 Å². The Morgan fingerprint density at radius 2 is 2.04 bits per heavy atom. The van der Waals surface area contributed by atoms with Crippen molar-refractivity contribution in [3.05, 3.63) is 65.6 Å². The molecule has 3 heterocycles. The third-order valence-electron chi connectivity index (χ3n) is 4.86. The number of carbonyl (C=O) groups excluding carboxylic acids is 2. The number of carbonyl (C=O) groups is 2. The van der Waals surface area contributed by atoms with Gasteiger partial charge in [-0.05, 0) is 44.0 Å². The third kappa shape index (κ3) is 3.75. The first kappa shape index (κ1) is 18.2. The molecule has 0 bridgehead atoms. The lowest BCUT2D eigenvalue weighted by atomic mass is 10.1. The van der Waals surface area contributed by atoms with Gasteiger partial charge in [0.2, 0.25) is 0 Å². The number of rotatable bonds is 5. The maximum Gasteiger partial charge on any atom is 0.275 e. The second kappa shape index (κ2) is 7.82. The smallest absolute Gasteiger partial charge is 0.275 e. The van der Waals surface area contributed by atoms with Gasteiger partial charge in [0.1, 0.15) is 11.3 Å². The van der Waals surface area contributed by atoms with Crippen LogP contribution in [0.15, 0.2) is 48.7 Å². The van der Waals surface area contributed by atoms with Gasteiger partial charge in [0, 0.05) is 25.0 Å². The molecule has 1 atom stereocenters. The molecule has 2 N–H and O–H groups in total. The molecule has 0 unspecified atom stereocenters. The van der Waals surface area contributed by atoms with Gasteiger partial charge in [-0.25, -0.2) is 4.98 Å². The molecule has 4 rings (SSSR count). The number of pyridine rings is 1. The van der Waals surface area contributed by atoms with E-state index in [0.29, 0.717) is 29.1 Å². The molecule has 0 radical (unpaired) electrons. The average molecular weight is 378 g/mol. The minimum atomic E-state index is -0.359. The monoisotopic (exact) mass is 378 g/mol. The van der Waals surface area contributed by atoms with E-state index in [4.69, 9.17) is 4.74 Å². The number of amides is 2.